The van der Waals surface area contributed by atoms with Gasteiger partial charge in [0, 0.05) is 9.80 Å². The van der Waals surface area contributed by atoms with Gasteiger partial charge in [-0.2, -0.15) is 0 Å². The van der Waals surface area contributed by atoms with Crippen molar-refractivity contribution in [3.05, 3.63) is 40.4 Å². The molecule has 1 aromatic carbocycles. The highest BCUT2D eigenvalue weighted by Crippen LogP contribution is 2.20. The second-order valence-corrected chi connectivity index (χ2v) is 12.2. The van der Waals surface area contributed by atoms with Crippen LogP contribution in [-0.2, 0) is 10.8 Å². The molecule has 0 spiro atoms. The topological polar surface area (TPSA) is 37.3 Å². The van der Waals surface area contributed by atoms with Crippen molar-refractivity contribution in [2.45, 2.75) is 44.5 Å². The molecule has 2 unspecified atom stereocenters. The summed E-state index contributed by atoms with van der Waals surface area (Å²) in [5, 5.41) is 9.82. The minimum atomic E-state index is -1.50. The van der Waals surface area contributed by atoms with Crippen LogP contribution in [0.3, 0.4) is 0 Å². The van der Waals surface area contributed by atoms with Crippen molar-refractivity contribution in [1.82, 2.24) is 0 Å². The molecule has 0 aromatic heterocycles. The summed E-state index contributed by atoms with van der Waals surface area (Å²) in [6, 6.07) is 7.63. The lowest BCUT2D eigenvalue weighted by Gasteiger charge is -2.16. The fourth-order valence-corrected chi connectivity index (χ4v) is 5.10. The maximum Gasteiger partial charge on any atom is 0.0842 e. The molecule has 0 aliphatic rings. The zero-order valence-electron chi connectivity index (χ0n) is 11.7. The van der Waals surface area contributed by atoms with Crippen LogP contribution in [0.2, 0.25) is 19.6 Å². The molecule has 18 heavy (non-hydrogen) atoms. The SMILES string of the molecule is Cc1ccc(S(=O)C(=C[Si](C)(C)C)C(C)O)cc1. The fraction of sp³-hybridized carbons (Fsp3) is 0.429. The van der Waals surface area contributed by atoms with E-state index in [1.807, 2.05) is 36.9 Å². The summed E-state index contributed by atoms with van der Waals surface area (Å²) >= 11 is 0. The Hall–Kier alpha value is -0.713. The quantitative estimate of drug-likeness (QED) is 0.861. The summed E-state index contributed by atoms with van der Waals surface area (Å²) in [5.74, 6) is 0. The molecule has 100 valence electrons. The standard InChI is InChI=1S/C14H22O2SSi/c1-11-6-8-13(9-7-11)17(16)14(12(2)15)10-18(3,4)5/h6-10,12,15H,1-5H3. The molecule has 1 rings (SSSR count). The van der Waals surface area contributed by atoms with E-state index >= 15 is 0 Å². The molecule has 0 fully saturated rings. The summed E-state index contributed by atoms with van der Waals surface area (Å²) < 4.78 is 12.5. The third-order valence-corrected chi connectivity index (χ3v) is 5.41. The maximum absolute atomic E-state index is 12.5. The predicted molar refractivity (Wildman–Crippen MR) is 80.7 cm³/mol. The molecule has 1 N–H and O–H groups in total. The Bertz CT molecular complexity index is 456. The Morgan fingerprint density at radius 1 is 1.28 bits per heavy atom. The molecular formula is C14H22O2SSi. The van der Waals surface area contributed by atoms with Gasteiger partial charge in [0.05, 0.1) is 25.0 Å². The highest BCUT2D eigenvalue weighted by molar-refractivity contribution is 7.89. The van der Waals surface area contributed by atoms with E-state index in [4.69, 9.17) is 0 Å². The maximum atomic E-state index is 12.5. The van der Waals surface area contributed by atoms with E-state index < -0.39 is 25.0 Å². The lowest BCUT2D eigenvalue weighted by molar-refractivity contribution is 0.240. The number of rotatable bonds is 4. The normalized spacial score (nSPS) is 16.4. The van der Waals surface area contributed by atoms with Gasteiger partial charge >= 0.3 is 0 Å². The highest BCUT2D eigenvalue weighted by Gasteiger charge is 2.20. The summed E-state index contributed by atoms with van der Waals surface area (Å²) in [7, 11) is -2.76. The summed E-state index contributed by atoms with van der Waals surface area (Å²) in [6.45, 7) is 10.2. The van der Waals surface area contributed by atoms with Gasteiger partial charge in [-0.05, 0) is 26.0 Å². The van der Waals surface area contributed by atoms with Crippen molar-refractivity contribution in [3.63, 3.8) is 0 Å². The van der Waals surface area contributed by atoms with Crippen molar-refractivity contribution in [2.24, 2.45) is 0 Å². The monoisotopic (exact) mass is 282 g/mol. The van der Waals surface area contributed by atoms with E-state index in [9.17, 15) is 9.32 Å². The van der Waals surface area contributed by atoms with Crippen molar-refractivity contribution >= 4 is 18.9 Å². The molecule has 0 saturated heterocycles. The number of hydrogen-bond donors (Lipinski definition) is 1. The van der Waals surface area contributed by atoms with Gasteiger partial charge in [0.15, 0.2) is 0 Å². The first-order valence-electron chi connectivity index (χ1n) is 6.10. The number of benzene rings is 1. The van der Waals surface area contributed by atoms with Gasteiger partial charge in [-0.25, -0.2) is 4.21 Å². The van der Waals surface area contributed by atoms with Crippen LogP contribution < -0.4 is 0 Å². The molecular weight excluding hydrogens is 260 g/mol. The number of aliphatic hydroxyl groups is 1. The van der Waals surface area contributed by atoms with Crippen LogP contribution in [0.1, 0.15) is 12.5 Å². The summed E-state index contributed by atoms with van der Waals surface area (Å²) in [5.41, 5.74) is 3.18. The Morgan fingerprint density at radius 2 is 1.78 bits per heavy atom. The van der Waals surface area contributed by atoms with Crippen molar-refractivity contribution in [1.29, 1.82) is 0 Å². The van der Waals surface area contributed by atoms with Crippen LogP contribution in [0.5, 0.6) is 0 Å². The van der Waals surface area contributed by atoms with Crippen LogP contribution in [0.25, 0.3) is 0 Å². The average molecular weight is 282 g/mol. The summed E-state index contributed by atoms with van der Waals surface area (Å²) in [6.07, 6.45) is -0.668. The zero-order valence-corrected chi connectivity index (χ0v) is 13.5. The van der Waals surface area contributed by atoms with Crippen LogP contribution in [0.4, 0.5) is 0 Å². The van der Waals surface area contributed by atoms with Crippen LogP contribution in [-0.4, -0.2) is 23.5 Å². The molecule has 2 atom stereocenters. The van der Waals surface area contributed by atoms with Crippen LogP contribution in [0.15, 0.2) is 39.8 Å². The molecule has 0 saturated carbocycles. The second-order valence-electron chi connectivity index (χ2n) is 5.67. The fourth-order valence-electron chi connectivity index (χ4n) is 1.55. The van der Waals surface area contributed by atoms with Crippen molar-refractivity contribution in [2.75, 3.05) is 0 Å². The number of hydrogen-bond acceptors (Lipinski definition) is 2. The number of aryl methyl sites for hydroxylation is 1. The molecule has 0 heterocycles. The van der Waals surface area contributed by atoms with E-state index in [2.05, 4.69) is 19.6 Å². The van der Waals surface area contributed by atoms with Gasteiger partial charge in [0.2, 0.25) is 0 Å². The lowest BCUT2D eigenvalue weighted by Crippen LogP contribution is -2.21. The van der Waals surface area contributed by atoms with Gasteiger partial charge in [0.25, 0.3) is 0 Å². The van der Waals surface area contributed by atoms with Crippen molar-refractivity contribution in [3.8, 4) is 0 Å². The van der Waals surface area contributed by atoms with Gasteiger partial charge in [0.1, 0.15) is 0 Å². The summed E-state index contributed by atoms with van der Waals surface area (Å²) in [4.78, 5) is 1.39. The Labute approximate surface area is 113 Å². The molecule has 2 nitrogen and oxygen atoms in total. The third kappa shape index (κ3) is 4.52. The Morgan fingerprint density at radius 3 is 2.17 bits per heavy atom. The minimum Gasteiger partial charge on any atom is -0.388 e. The first-order chi connectivity index (χ1) is 8.20. The Kier molecular flexibility index (Phi) is 5.07. The van der Waals surface area contributed by atoms with Gasteiger partial charge in [-0.15, -0.1) is 0 Å². The van der Waals surface area contributed by atoms with Gasteiger partial charge < -0.3 is 5.11 Å². The van der Waals surface area contributed by atoms with Crippen molar-refractivity contribution < 1.29 is 9.32 Å². The van der Waals surface area contributed by atoms with E-state index in [1.165, 1.54) is 0 Å². The van der Waals surface area contributed by atoms with E-state index in [1.54, 1.807) is 6.92 Å². The zero-order chi connectivity index (χ0) is 13.9. The smallest absolute Gasteiger partial charge is 0.0842 e. The average Bonchev–Trinajstić information content (AvgIpc) is 2.24. The van der Waals surface area contributed by atoms with Crippen LogP contribution >= 0.6 is 0 Å². The molecule has 0 bridgehead atoms. The first kappa shape index (κ1) is 15.3. The van der Waals surface area contributed by atoms with Crippen LogP contribution in [0, 0.1) is 6.92 Å². The highest BCUT2D eigenvalue weighted by atomic mass is 32.2. The van der Waals surface area contributed by atoms with Gasteiger partial charge in [-0.3, -0.25) is 0 Å². The predicted octanol–water partition coefficient (Wildman–Crippen LogP) is 3.24. The van der Waals surface area contributed by atoms with E-state index in [0.717, 1.165) is 10.5 Å². The molecule has 0 aliphatic heterocycles. The molecule has 4 heteroatoms. The molecule has 1 aromatic rings. The molecule has 0 aliphatic carbocycles. The first-order valence-corrected chi connectivity index (χ1v) is 10.8. The van der Waals surface area contributed by atoms with E-state index in [0.29, 0.717) is 4.91 Å². The lowest BCUT2D eigenvalue weighted by atomic mass is 10.2. The largest absolute Gasteiger partial charge is 0.388 e. The number of aliphatic hydroxyl groups excluding tert-OH is 1. The minimum absolute atomic E-state index is 0.637. The third-order valence-electron chi connectivity index (χ3n) is 2.44. The van der Waals surface area contributed by atoms with Gasteiger partial charge in [-0.1, -0.05) is 43.0 Å². The molecule has 0 amide bonds. The second kappa shape index (κ2) is 5.95. The Balaban J connectivity index is 3.12. The molecule has 0 radical (unpaired) electrons. The van der Waals surface area contributed by atoms with E-state index in [-0.39, 0.29) is 0 Å².